The van der Waals surface area contributed by atoms with Crippen LogP contribution in [0.2, 0.25) is 15.1 Å². The van der Waals surface area contributed by atoms with Gasteiger partial charge in [0.25, 0.3) is 27.7 Å². The molecule has 0 bridgehead atoms. The fourth-order valence-corrected chi connectivity index (χ4v) is 5.29. The first-order valence-electron chi connectivity index (χ1n) is 11.4. The van der Waals surface area contributed by atoms with Crippen LogP contribution in [0, 0.1) is 0 Å². The van der Waals surface area contributed by atoms with Gasteiger partial charge in [0.15, 0.2) is 0 Å². The summed E-state index contributed by atoms with van der Waals surface area (Å²) in [5.41, 5.74) is -0.365. The normalized spacial score (nSPS) is 11.0. The van der Waals surface area contributed by atoms with E-state index in [1.54, 1.807) is 0 Å². The molecule has 204 valence electrons. The SMILES string of the molecule is COc1ccc(S(=O)(=O)N(C(=O)c2ccc(Cl)cc2)N(C(=O)c2ccc(Cl)cc2)C(=O)c2ccc(Cl)cc2)cc1. The van der Waals surface area contributed by atoms with Gasteiger partial charge in [0.05, 0.1) is 12.0 Å². The average Bonchev–Trinajstić information content (AvgIpc) is 2.96. The molecule has 4 rings (SSSR count). The lowest BCUT2D eigenvalue weighted by Crippen LogP contribution is -2.55. The third-order valence-corrected chi connectivity index (χ3v) is 8.01. The van der Waals surface area contributed by atoms with Crippen LogP contribution < -0.4 is 4.74 Å². The van der Waals surface area contributed by atoms with Crippen LogP contribution in [0.5, 0.6) is 5.75 Å². The van der Waals surface area contributed by atoms with Crippen LogP contribution in [0.25, 0.3) is 0 Å². The smallest absolute Gasteiger partial charge is 0.287 e. The molecule has 0 radical (unpaired) electrons. The number of carbonyl (C=O) groups is 3. The van der Waals surface area contributed by atoms with E-state index in [4.69, 9.17) is 39.5 Å². The van der Waals surface area contributed by atoms with Gasteiger partial charge in [0.2, 0.25) is 0 Å². The summed E-state index contributed by atoms with van der Waals surface area (Å²) in [7, 11) is -3.48. The van der Waals surface area contributed by atoms with Gasteiger partial charge in [-0.1, -0.05) is 34.8 Å². The van der Waals surface area contributed by atoms with Gasteiger partial charge in [0, 0.05) is 31.8 Å². The minimum Gasteiger partial charge on any atom is -0.497 e. The van der Waals surface area contributed by atoms with Gasteiger partial charge >= 0.3 is 0 Å². The number of benzene rings is 4. The van der Waals surface area contributed by atoms with Crippen LogP contribution in [0.3, 0.4) is 0 Å². The van der Waals surface area contributed by atoms with Crippen molar-refractivity contribution >= 4 is 62.5 Å². The zero-order chi connectivity index (χ0) is 29.0. The largest absolute Gasteiger partial charge is 0.497 e. The van der Waals surface area contributed by atoms with Crippen molar-refractivity contribution in [2.45, 2.75) is 4.90 Å². The van der Waals surface area contributed by atoms with Crippen molar-refractivity contribution in [2.75, 3.05) is 7.11 Å². The fraction of sp³-hybridized carbons (Fsp3) is 0.0357. The van der Waals surface area contributed by atoms with Gasteiger partial charge in [-0.15, -0.1) is 4.41 Å². The maximum absolute atomic E-state index is 14.1. The summed E-state index contributed by atoms with van der Waals surface area (Å²) in [5, 5.41) is 1.16. The predicted octanol–water partition coefficient (Wildman–Crippen LogP) is 6.38. The Bertz CT molecular complexity index is 1600. The Morgan fingerprint density at radius 3 is 1.27 bits per heavy atom. The molecule has 40 heavy (non-hydrogen) atoms. The number of halogens is 3. The molecule has 0 spiro atoms. The third-order valence-electron chi connectivity index (χ3n) is 5.60. The standard InChI is InChI=1S/C28H19Cl3N2O6S/c1-39-24-14-16-25(17-15-24)40(37,38)33(28(36)20-6-12-23(31)13-7-20)32(26(34)18-2-8-21(29)9-3-18)27(35)19-4-10-22(30)11-5-19/h2-17H,1H3. The molecule has 0 N–H and O–H groups in total. The Labute approximate surface area is 245 Å². The first-order chi connectivity index (χ1) is 19.0. The van der Waals surface area contributed by atoms with E-state index >= 15 is 0 Å². The van der Waals surface area contributed by atoms with Crippen LogP contribution in [-0.4, -0.2) is 42.7 Å². The highest BCUT2D eigenvalue weighted by Gasteiger charge is 2.42. The number of hydrogen-bond donors (Lipinski definition) is 0. The molecule has 0 aliphatic rings. The first kappa shape index (κ1) is 29.1. The number of nitrogens with zero attached hydrogens (tertiary/aromatic N) is 2. The molecular formula is C28H19Cl3N2O6S. The second kappa shape index (κ2) is 12.1. The van der Waals surface area contributed by atoms with Crippen LogP contribution in [0.15, 0.2) is 102 Å². The summed E-state index contributed by atoms with van der Waals surface area (Å²) in [6.07, 6.45) is 0. The molecule has 0 heterocycles. The summed E-state index contributed by atoms with van der Waals surface area (Å²) in [5.74, 6) is -3.04. The molecule has 4 aromatic rings. The fourth-order valence-electron chi connectivity index (χ4n) is 3.54. The number of hydrogen-bond acceptors (Lipinski definition) is 6. The molecule has 0 saturated heterocycles. The number of hydrazine groups is 1. The second-order valence-electron chi connectivity index (χ2n) is 8.17. The molecule has 0 atom stereocenters. The van der Waals surface area contributed by atoms with Crippen molar-refractivity contribution in [1.82, 2.24) is 9.42 Å². The highest BCUT2D eigenvalue weighted by atomic mass is 35.5. The number of sulfonamides is 1. The maximum atomic E-state index is 14.1. The topological polar surface area (TPSA) is 101 Å². The molecule has 4 aromatic carbocycles. The Kier molecular flexibility index (Phi) is 8.80. The number of imide groups is 1. The molecule has 0 aliphatic heterocycles. The van der Waals surface area contributed by atoms with Crippen molar-refractivity contribution in [2.24, 2.45) is 0 Å². The lowest BCUT2D eigenvalue weighted by atomic mass is 10.1. The Morgan fingerprint density at radius 1 is 0.575 bits per heavy atom. The molecule has 0 fully saturated rings. The highest BCUT2D eigenvalue weighted by Crippen LogP contribution is 2.27. The minimum atomic E-state index is -4.88. The van der Waals surface area contributed by atoms with Crippen molar-refractivity contribution in [3.63, 3.8) is 0 Å². The van der Waals surface area contributed by atoms with E-state index in [9.17, 15) is 22.8 Å². The average molecular weight is 618 g/mol. The van der Waals surface area contributed by atoms with Crippen molar-refractivity contribution in [1.29, 1.82) is 0 Å². The first-order valence-corrected chi connectivity index (χ1v) is 14.0. The van der Waals surface area contributed by atoms with Crippen molar-refractivity contribution < 1.29 is 27.5 Å². The number of ether oxygens (including phenoxy) is 1. The van der Waals surface area contributed by atoms with Gasteiger partial charge < -0.3 is 4.74 Å². The second-order valence-corrected chi connectivity index (χ2v) is 11.2. The van der Waals surface area contributed by atoms with Crippen LogP contribution in [-0.2, 0) is 10.0 Å². The van der Waals surface area contributed by atoms with Gasteiger partial charge in [0.1, 0.15) is 5.75 Å². The number of methoxy groups -OCH3 is 1. The van der Waals surface area contributed by atoms with Gasteiger partial charge in [-0.05, 0) is 97.1 Å². The summed E-state index contributed by atoms with van der Waals surface area (Å²) in [6.45, 7) is 0. The van der Waals surface area contributed by atoms with E-state index < -0.39 is 27.7 Å². The lowest BCUT2D eigenvalue weighted by molar-refractivity contribution is 0.0255. The van der Waals surface area contributed by atoms with Crippen molar-refractivity contribution in [3.8, 4) is 5.75 Å². The van der Waals surface area contributed by atoms with Crippen LogP contribution in [0.1, 0.15) is 31.1 Å². The van der Waals surface area contributed by atoms with E-state index in [2.05, 4.69) is 0 Å². The molecular weight excluding hydrogens is 599 g/mol. The minimum absolute atomic E-state index is 0.106. The Morgan fingerprint density at radius 2 is 0.925 bits per heavy atom. The highest BCUT2D eigenvalue weighted by molar-refractivity contribution is 7.89. The van der Waals surface area contributed by atoms with Crippen LogP contribution >= 0.6 is 34.8 Å². The zero-order valence-electron chi connectivity index (χ0n) is 20.6. The van der Waals surface area contributed by atoms with E-state index in [0.29, 0.717) is 15.8 Å². The van der Waals surface area contributed by atoms with E-state index in [-0.39, 0.29) is 36.0 Å². The van der Waals surface area contributed by atoms with E-state index in [0.717, 1.165) is 0 Å². The summed E-state index contributed by atoms with van der Waals surface area (Å²) in [4.78, 5) is 41.3. The van der Waals surface area contributed by atoms with Crippen molar-refractivity contribution in [3.05, 3.63) is 129 Å². The predicted molar refractivity (Wildman–Crippen MR) is 151 cm³/mol. The summed E-state index contributed by atoms with van der Waals surface area (Å²) >= 11 is 17.9. The molecule has 0 unspecified atom stereocenters. The molecule has 0 aliphatic carbocycles. The summed E-state index contributed by atoms with van der Waals surface area (Å²) in [6, 6.07) is 21.2. The Hall–Kier alpha value is -3.89. The maximum Gasteiger partial charge on any atom is 0.287 e. The van der Waals surface area contributed by atoms with Gasteiger partial charge in [-0.2, -0.15) is 13.4 Å². The number of rotatable bonds is 6. The number of amides is 3. The van der Waals surface area contributed by atoms with E-state index in [1.807, 2.05) is 0 Å². The third kappa shape index (κ3) is 6.13. The quantitative estimate of drug-likeness (QED) is 0.184. The zero-order valence-corrected chi connectivity index (χ0v) is 23.7. The lowest BCUT2D eigenvalue weighted by Gasteiger charge is -2.32. The molecule has 0 saturated carbocycles. The Balaban J connectivity index is 1.96. The molecule has 8 nitrogen and oxygen atoms in total. The molecule has 12 heteroatoms. The van der Waals surface area contributed by atoms with E-state index in [1.165, 1.54) is 104 Å². The van der Waals surface area contributed by atoms with Gasteiger partial charge in [-0.3, -0.25) is 14.4 Å². The monoisotopic (exact) mass is 616 g/mol. The molecule has 0 aromatic heterocycles. The molecule has 3 amide bonds. The number of carbonyl (C=O) groups excluding carboxylic acids is 3. The van der Waals surface area contributed by atoms with Crippen LogP contribution in [0.4, 0.5) is 0 Å². The summed E-state index contributed by atoms with van der Waals surface area (Å²) < 4.78 is 33.4. The van der Waals surface area contributed by atoms with Gasteiger partial charge in [-0.25, -0.2) is 0 Å².